The second-order valence-corrected chi connectivity index (χ2v) is 7.56. The molecule has 1 aromatic heterocycles. The van der Waals surface area contributed by atoms with Crippen LogP contribution in [-0.4, -0.2) is 61.4 Å². The maximum atomic E-state index is 12.5. The molecule has 0 unspecified atom stereocenters. The first kappa shape index (κ1) is 21.2. The molecule has 1 aromatic carbocycles. The number of rotatable bonds is 6. The first-order chi connectivity index (χ1) is 13.9. The number of nitrogens with zero attached hydrogens (tertiary/aromatic N) is 2. The zero-order chi connectivity index (χ0) is 21.0. The molecule has 0 bridgehead atoms. The standard InChI is InChI=1S/C21H26ClN3O4/c1-14-10-18(15(2)29-14)21(27)23-12-20(26)25-8-6-24(7-9-25)13-16-11-17(22)4-5-19(16)28-3/h4-5,10-11H,6-9,12-13H2,1-3H3,(H,23,27). The van der Waals surface area contributed by atoms with Crippen molar-refractivity contribution < 1.29 is 18.7 Å². The Hall–Kier alpha value is -2.51. The molecule has 1 aliphatic rings. The Labute approximate surface area is 175 Å². The molecular formula is C21H26ClN3O4. The van der Waals surface area contributed by atoms with Crippen LogP contribution in [0.25, 0.3) is 0 Å². The lowest BCUT2D eigenvalue weighted by atomic mass is 10.1. The molecule has 8 heteroatoms. The highest BCUT2D eigenvalue weighted by molar-refractivity contribution is 6.30. The normalized spacial score (nSPS) is 14.7. The second kappa shape index (κ2) is 9.33. The number of hydrogen-bond donors (Lipinski definition) is 1. The van der Waals surface area contributed by atoms with Crippen LogP contribution in [-0.2, 0) is 11.3 Å². The van der Waals surface area contributed by atoms with Gasteiger partial charge in [-0.25, -0.2) is 0 Å². The Kier molecular flexibility index (Phi) is 6.82. The number of piperazine rings is 1. The third kappa shape index (κ3) is 5.31. The molecule has 2 amide bonds. The van der Waals surface area contributed by atoms with E-state index in [1.54, 1.807) is 38.0 Å². The Morgan fingerprint density at radius 2 is 1.90 bits per heavy atom. The van der Waals surface area contributed by atoms with Crippen molar-refractivity contribution in [1.82, 2.24) is 15.1 Å². The molecule has 3 rings (SSSR count). The highest BCUT2D eigenvalue weighted by Gasteiger charge is 2.23. The number of benzene rings is 1. The van der Waals surface area contributed by atoms with Gasteiger partial charge in [0.05, 0.1) is 19.2 Å². The van der Waals surface area contributed by atoms with Crippen molar-refractivity contribution in [1.29, 1.82) is 0 Å². The summed E-state index contributed by atoms with van der Waals surface area (Å²) in [6, 6.07) is 7.26. The molecule has 29 heavy (non-hydrogen) atoms. The van der Waals surface area contributed by atoms with Crippen molar-refractivity contribution in [2.45, 2.75) is 20.4 Å². The summed E-state index contributed by atoms with van der Waals surface area (Å²) in [6.45, 7) is 6.92. The molecule has 0 atom stereocenters. The number of ether oxygens (including phenoxy) is 1. The van der Waals surface area contributed by atoms with Gasteiger partial charge < -0.3 is 19.4 Å². The van der Waals surface area contributed by atoms with E-state index in [0.29, 0.717) is 41.7 Å². The number of nitrogens with one attached hydrogen (secondary N) is 1. The molecule has 0 saturated carbocycles. The molecule has 0 spiro atoms. The van der Waals surface area contributed by atoms with Crippen LogP contribution >= 0.6 is 11.6 Å². The monoisotopic (exact) mass is 419 g/mol. The number of amides is 2. The van der Waals surface area contributed by atoms with E-state index in [2.05, 4.69) is 10.2 Å². The van der Waals surface area contributed by atoms with E-state index in [1.807, 2.05) is 12.1 Å². The summed E-state index contributed by atoms with van der Waals surface area (Å²) in [5.74, 6) is 1.65. The molecule has 0 aliphatic carbocycles. The lowest BCUT2D eigenvalue weighted by Crippen LogP contribution is -2.50. The Bertz CT molecular complexity index is 888. The van der Waals surface area contributed by atoms with Crippen molar-refractivity contribution in [3.05, 3.63) is 51.9 Å². The van der Waals surface area contributed by atoms with Crippen LogP contribution in [0.1, 0.15) is 27.4 Å². The van der Waals surface area contributed by atoms with Gasteiger partial charge in [0, 0.05) is 43.3 Å². The van der Waals surface area contributed by atoms with E-state index in [-0.39, 0.29) is 18.4 Å². The number of furan rings is 1. The van der Waals surface area contributed by atoms with Crippen LogP contribution in [0.5, 0.6) is 5.75 Å². The van der Waals surface area contributed by atoms with Crippen LogP contribution in [0.3, 0.4) is 0 Å². The van der Waals surface area contributed by atoms with E-state index < -0.39 is 0 Å². The average molecular weight is 420 g/mol. The molecule has 2 aromatic rings. The number of carbonyl (C=O) groups excluding carboxylic acids is 2. The molecule has 2 heterocycles. The molecule has 0 radical (unpaired) electrons. The summed E-state index contributed by atoms with van der Waals surface area (Å²) in [6.07, 6.45) is 0. The zero-order valence-corrected chi connectivity index (χ0v) is 17.7. The van der Waals surface area contributed by atoms with Gasteiger partial charge in [0.1, 0.15) is 17.3 Å². The van der Waals surface area contributed by atoms with E-state index >= 15 is 0 Å². The molecule has 156 valence electrons. The van der Waals surface area contributed by atoms with E-state index in [4.69, 9.17) is 20.8 Å². The number of hydrogen-bond acceptors (Lipinski definition) is 5. The molecule has 1 aliphatic heterocycles. The van der Waals surface area contributed by atoms with Crippen molar-refractivity contribution in [2.75, 3.05) is 39.8 Å². The van der Waals surface area contributed by atoms with Crippen LogP contribution in [0.15, 0.2) is 28.7 Å². The Morgan fingerprint density at radius 3 is 2.52 bits per heavy atom. The van der Waals surface area contributed by atoms with Gasteiger partial charge in [-0.15, -0.1) is 0 Å². The largest absolute Gasteiger partial charge is 0.496 e. The highest BCUT2D eigenvalue weighted by Crippen LogP contribution is 2.24. The van der Waals surface area contributed by atoms with Gasteiger partial charge in [-0.05, 0) is 38.1 Å². The Balaban J connectivity index is 1.48. The SMILES string of the molecule is COc1ccc(Cl)cc1CN1CCN(C(=O)CNC(=O)c2cc(C)oc2C)CC1. The fourth-order valence-electron chi connectivity index (χ4n) is 3.49. The van der Waals surface area contributed by atoms with Crippen LogP contribution in [0.2, 0.25) is 5.02 Å². The van der Waals surface area contributed by atoms with Crippen LogP contribution < -0.4 is 10.1 Å². The van der Waals surface area contributed by atoms with Crippen molar-refractivity contribution in [3.8, 4) is 5.75 Å². The minimum atomic E-state index is -0.292. The van der Waals surface area contributed by atoms with Gasteiger partial charge in [0.15, 0.2) is 0 Å². The summed E-state index contributed by atoms with van der Waals surface area (Å²) in [4.78, 5) is 28.7. The minimum absolute atomic E-state index is 0.0232. The van der Waals surface area contributed by atoms with Gasteiger partial charge in [-0.2, -0.15) is 0 Å². The fraction of sp³-hybridized carbons (Fsp3) is 0.429. The lowest BCUT2D eigenvalue weighted by Gasteiger charge is -2.35. The van der Waals surface area contributed by atoms with Gasteiger partial charge >= 0.3 is 0 Å². The highest BCUT2D eigenvalue weighted by atomic mass is 35.5. The molecule has 1 N–H and O–H groups in total. The molecule has 7 nitrogen and oxygen atoms in total. The summed E-state index contributed by atoms with van der Waals surface area (Å²) in [5.41, 5.74) is 1.49. The number of methoxy groups -OCH3 is 1. The first-order valence-electron chi connectivity index (χ1n) is 9.55. The maximum Gasteiger partial charge on any atom is 0.255 e. The summed E-state index contributed by atoms with van der Waals surface area (Å²) >= 11 is 6.10. The lowest BCUT2D eigenvalue weighted by molar-refractivity contribution is -0.131. The Morgan fingerprint density at radius 1 is 1.17 bits per heavy atom. The summed E-state index contributed by atoms with van der Waals surface area (Å²) in [5, 5.41) is 3.36. The van der Waals surface area contributed by atoms with E-state index in [0.717, 1.165) is 24.4 Å². The van der Waals surface area contributed by atoms with Gasteiger partial charge in [-0.1, -0.05) is 11.6 Å². The summed E-state index contributed by atoms with van der Waals surface area (Å²) in [7, 11) is 1.64. The average Bonchev–Trinajstić information content (AvgIpc) is 3.05. The first-order valence-corrected chi connectivity index (χ1v) is 9.93. The maximum absolute atomic E-state index is 12.5. The zero-order valence-electron chi connectivity index (χ0n) is 17.0. The third-order valence-corrected chi connectivity index (χ3v) is 5.28. The van der Waals surface area contributed by atoms with Crippen LogP contribution in [0, 0.1) is 13.8 Å². The quantitative estimate of drug-likeness (QED) is 0.779. The topological polar surface area (TPSA) is 75.0 Å². The van der Waals surface area contributed by atoms with Gasteiger partial charge in [0.2, 0.25) is 5.91 Å². The van der Waals surface area contributed by atoms with Gasteiger partial charge in [-0.3, -0.25) is 14.5 Å². The fourth-order valence-corrected chi connectivity index (χ4v) is 3.68. The van der Waals surface area contributed by atoms with Crippen LogP contribution in [0.4, 0.5) is 0 Å². The predicted octanol–water partition coefficient (Wildman–Crippen LogP) is 2.63. The number of halogens is 1. The van der Waals surface area contributed by atoms with Crippen molar-refractivity contribution in [3.63, 3.8) is 0 Å². The number of carbonyl (C=O) groups is 2. The molecule has 1 saturated heterocycles. The molecule has 1 fully saturated rings. The summed E-state index contributed by atoms with van der Waals surface area (Å²) < 4.78 is 10.8. The number of aryl methyl sites for hydroxylation is 2. The van der Waals surface area contributed by atoms with Crippen molar-refractivity contribution >= 4 is 23.4 Å². The second-order valence-electron chi connectivity index (χ2n) is 7.12. The predicted molar refractivity (Wildman–Crippen MR) is 110 cm³/mol. The van der Waals surface area contributed by atoms with Gasteiger partial charge in [0.25, 0.3) is 5.91 Å². The molecular weight excluding hydrogens is 394 g/mol. The minimum Gasteiger partial charge on any atom is -0.496 e. The third-order valence-electron chi connectivity index (χ3n) is 5.05. The van der Waals surface area contributed by atoms with Crippen molar-refractivity contribution in [2.24, 2.45) is 0 Å². The van der Waals surface area contributed by atoms with E-state index in [9.17, 15) is 9.59 Å². The van der Waals surface area contributed by atoms with E-state index in [1.165, 1.54) is 0 Å². The smallest absolute Gasteiger partial charge is 0.255 e.